The van der Waals surface area contributed by atoms with E-state index in [4.69, 9.17) is 0 Å². The molecule has 0 aliphatic heterocycles. The first-order valence-electron chi connectivity index (χ1n) is 8.86. The molecule has 1 aromatic carbocycles. The maximum absolute atomic E-state index is 13.1. The average Bonchev–Trinajstić information content (AvgIpc) is 3.00. The van der Waals surface area contributed by atoms with Gasteiger partial charge in [0.1, 0.15) is 5.69 Å². The van der Waals surface area contributed by atoms with E-state index in [0.717, 1.165) is 24.1 Å². The molecule has 0 radical (unpaired) electrons. The molecule has 0 saturated carbocycles. The van der Waals surface area contributed by atoms with Gasteiger partial charge in [0.05, 0.1) is 5.69 Å². The Hall–Kier alpha value is -2.95. The van der Waals surface area contributed by atoms with Gasteiger partial charge in [-0.2, -0.15) is 5.10 Å². The van der Waals surface area contributed by atoms with Gasteiger partial charge in [-0.15, -0.1) is 0 Å². The van der Waals surface area contributed by atoms with Gasteiger partial charge in [0.25, 0.3) is 5.91 Å². The van der Waals surface area contributed by atoms with Crippen molar-refractivity contribution >= 4 is 5.91 Å². The number of amides is 1. The summed E-state index contributed by atoms with van der Waals surface area (Å²) in [5.41, 5.74) is 3.78. The lowest BCUT2D eigenvalue weighted by molar-refractivity contribution is 0.0730. The van der Waals surface area contributed by atoms with Crippen LogP contribution < -0.4 is 0 Å². The molecule has 0 atom stereocenters. The molecule has 0 spiro atoms. The maximum Gasteiger partial charge on any atom is 0.272 e. The number of hydrogen-bond donors (Lipinski definition) is 0. The number of aromatic nitrogens is 3. The predicted octanol–water partition coefficient (Wildman–Crippen LogP) is 3.40. The largest absolute Gasteiger partial charge is 0.333 e. The zero-order chi connectivity index (χ0) is 18.4. The fourth-order valence-corrected chi connectivity index (χ4v) is 3.06. The van der Waals surface area contributed by atoms with Crippen LogP contribution in [0.4, 0.5) is 0 Å². The number of benzene rings is 1. The molecule has 3 aromatic rings. The predicted molar refractivity (Wildman–Crippen MR) is 102 cm³/mol. The number of rotatable bonds is 7. The van der Waals surface area contributed by atoms with E-state index in [0.29, 0.717) is 18.8 Å². The second-order valence-corrected chi connectivity index (χ2v) is 6.47. The smallest absolute Gasteiger partial charge is 0.272 e. The van der Waals surface area contributed by atoms with Crippen molar-refractivity contribution in [1.82, 2.24) is 19.7 Å². The van der Waals surface area contributed by atoms with Crippen LogP contribution in [-0.2, 0) is 20.0 Å². The molecule has 0 saturated heterocycles. The maximum atomic E-state index is 13.1. The molecule has 0 bridgehead atoms. The van der Waals surface area contributed by atoms with Crippen molar-refractivity contribution in [2.24, 2.45) is 7.05 Å². The summed E-state index contributed by atoms with van der Waals surface area (Å²) in [6, 6.07) is 16.1. The molecule has 0 fully saturated rings. The van der Waals surface area contributed by atoms with Crippen molar-refractivity contribution in [3.8, 4) is 0 Å². The monoisotopic (exact) mass is 348 g/mol. The summed E-state index contributed by atoms with van der Waals surface area (Å²) in [4.78, 5) is 19.1. The Bertz CT molecular complexity index is 843. The molecule has 134 valence electrons. The Morgan fingerprint density at radius 1 is 1.12 bits per heavy atom. The zero-order valence-electron chi connectivity index (χ0n) is 15.3. The Kier molecular flexibility index (Phi) is 5.79. The van der Waals surface area contributed by atoms with Gasteiger partial charge in [0.15, 0.2) is 0 Å². The molecule has 0 aliphatic carbocycles. The van der Waals surface area contributed by atoms with Crippen LogP contribution in [0.5, 0.6) is 0 Å². The molecule has 3 rings (SSSR count). The number of pyridine rings is 1. The van der Waals surface area contributed by atoms with E-state index >= 15 is 0 Å². The van der Waals surface area contributed by atoms with E-state index in [-0.39, 0.29) is 5.91 Å². The molecule has 5 nitrogen and oxygen atoms in total. The highest BCUT2D eigenvalue weighted by Crippen LogP contribution is 2.12. The van der Waals surface area contributed by atoms with E-state index < -0.39 is 0 Å². The lowest BCUT2D eigenvalue weighted by Crippen LogP contribution is -2.33. The minimum atomic E-state index is 0.00464. The van der Waals surface area contributed by atoms with E-state index in [1.54, 1.807) is 10.9 Å². The molecular formula is C21H24N4O. The van der Waals surface area contributed by atoms with Gasteiger partial charge in [-0.3, -0.25) is 14.5 Å². The zero-order valence-corrected chi connectivity index (χ0v) is 15.3. The second kappa shape index (κ2) is 8.43. The summed E-state index contributed by atoms with van der Waals surface area (Å²) in [6.07, 6.45) is 5.41. The molecule has 0 unspecified atom stereocenters. The first kappa shape index (κ1) is 17.9. The first-order chi connectivity index (χ1) is 12.6. The van der Waals surface area contributed by atoms with Crippen molar-refractivity contribution < 1.29 is 4.79 Å². The molecule has 1 amide bonds. The normalized spacial score (nSPS) is 10.7. The lowest BCUT2D eigenvalue weighted by atomic mass is 10.1. The lowest BCUT2D eigenvalue weighted by Gasteiger charge is -2.23. The number of carbonyl (C=O) groups excluding carboxylic acids is 1. The van der Waals surface area contributed by atoms with Crippen LogP contribution in [0, 0.1) is 6.92 Å². The number of nitrogens with zero attached hydrogens (tertiary/aromatic N) is 4. The molecule has 0 N–H and O–H groups in total. The average molecular weight is 348 g/mol. The van der Waals surface area contributed by atoms with Gasteiger partial charge in [0.2, 0.25) is 0 Å². The standard InChI is InChI=1S/C21H24N4O/c1-17-14-20(24(2)23-17)21(26)25(16-19-10-6-12-22-15-19)13-7-11-18-8-4-3-5-9-18/h3-6,8-10,12,14-15H,7,11,13,16H2,1-2H3. The molecular weight excluding hydrogens is 324 g/mol. The van der Waals surface area contributed by atoms with Crippen LogP contribution >= 0.6 is 0 Å². The van der Waals surface area contributed by atoms with Crippen LogP contribution in [0.1, 0.15) is 33.7 Å². The van der Waals surface area contributed by atoms with Crippen LogP contribution in [0.2, 0.25) is 0 Å². The Morgan fingerprint density at radius 2 is 1.88 bits per heavy atom. The summed E-state index contributed by atoms with van der Waals surface area (Å²) in [5.74, 6) is 0.00464. The quantitative estimate of drug-likeness (QED) is 0.657. The number of hydrogen-bond acceptors (Lipinski definition) is 3. The summed E-state index contributed by atoms with van der Waals surface area (Å²) in [5, 5.41) is 4.31. The van der Waals surface area contributed by atoms with Crippen LogP contribution in [0.15, 0.2) is 60.9 Å². The van der Waals surface area contributed by atoms with Crippen molar-refractivity contribution in [2.45, 2.75) is 26.3 Å². The van der Waals surface area contributed by atoms with Crippen molar-refractivity contribution in [2.75, 3.05) is 6.54 Å². The summed E-state index contributed by atoms with van der Waals surface area (Å²) in [7, 11) is 1.81. The van der Waals surface area contributed by atoms with Gasteiger partial charge in [0, 0.05) is 32.5 Å². The Labute approximate surface area is 154 Å². The van der Waals surface area contributed by atoms with Gasteiger partial charge < -0.3 is 4.90 Å². The molecule has 0 aliphatic rings. The van der Waals surface area contributed by atoms with Crippen molar-refractivity contribution in [3.63, 3.8) is 0 Å². The fourth-order valence-electron chi connectivity index (χ4n) is 3.06. The van der Waals surface area contributed by atoms with E-state index in [9.17, 15) is 4.79 Å². The summed E-state index contributed by atoms with van der Waals surface area (Å²) >= 11 is 0. The van der Waals surface area contributed by atoms with Gasteiger partial charge in [-0.25, -0.2) is 0 Å². The number of carbonyl (C=O) groups is 1. The third kappa shape index (κ3) is 4.57. The Balaban J connectivity index is 1.72. The van der Waals surface area contributed by atoms with Crippen LogP contribution in [0.25, 0.3) is 0 Å². The van der Waals surface area contributed by atoms with E-state index in [2.05, 4.69) is 22.2 Å². The third-order valence-electron chi connectivity index (χ3n) is 4.34. The SMILES string of the molecule is Cc1cc(C(=O)N(CCCc2ccccc2)Cc2cccnc2)n(C)n1. The molecule has 2 heterocycles. The van der Waals surface area contributed by atoms with Gasteiger partial charge in [-0.1, -0.05) is 36.4 Å². The highest BCUT2D eigenvalue weighted by molar-refractivity contribution is 5.92. The third-order valence-corrected chi connectivity index (χ3v) is 4.34. The summed E-state index contributed by atoms with van der Waals surface area (Å²) < 4.78 is 1.66. The molecule has 5 heteroatoms. The van der Waals surface area contributed by atoms with Crippen LogP contribution in [0.3, 0.4) is 0 Å². The number of aryl methyl sites for hydroxylation is 3. The fraction of sp³-hybridized carbons (Fsp3) is 0.286. The van der Waals surface area contributed by atoms with Gasteiger partial charge >= 0.3 is 0 Å². The van der Waals surface area contributed by atoms with E-state index in [1.165, 1.54) is 5.56 Å². The molecule has 26 heavy (non-hydrogen) atoms. The van der Waals surface area contributed by atoms with E-state index in [1.807, 2.05) is 61.5 Å². The van der Waals surface area contributed by atoms with Crippen LogP contribution in [-0.4, -0.2) is 32.1 Å². The van der Waals surface area contributed by atoms with Crippen molar-refractivity contribution in [3.05, 3.63) is 83.4 Å². The Morgan fingerprint density at radius 3 is 2.54 bits per heavy atom. The first-order valence-corrected chi connectivity index (χ1v) is 8.86. The van der Waals surface area contributed by atoms with Gasteiger partial charge in [-0.05, 0) is 43.0 Å². The highest BCUT2D eigenvalue weighted by Gasteiger charge is 2.20. The van der Waals surface area contributed by atoms with Crippen molar-refractivity contribution in [1.29, 1.82) is 0 Å². The topological polar surface area (TPSA) is 51.0 Å². The molecule has 2 aromatic heterocycles. The minimum absolute atomic E-state index is 0.00464. The summed E-state index contributed by atoms with van der Waals surface area (Å²) in [6.45, 7) is 3.14. The highest BCUT2D eigenvalue weighted by atomic mass is 16.2. The minimum Gasteiger partial charge on any atom is -0.333 e. The second-order valence-electron chi connectivity index (χ2n) is 6.47.